The normalized spacial score (nSPS) is 11.0. The number of pyridine rings is 1. The van der Waals surface area contributed by atoms with Crippen LogP contribution in [0.4, 0.5) is 0 Å². The third kappa shape index (κ3) is 7.13. The first-order valence-electron chi connectivity index (χ1n) is 7.03. The predicted molar refractivity (Wildman–Crippen MR) is 77.6 cm³/mol. The van der Waals surface area contributed by atoms with Crippen molar-refractivity contribution in [1.29, 1.82) is 0 Å². The highest BCUT2D eigenvalue weighted by molar-refractivity contribution is 5.24. The van der Waals surface area contributed by atoms with E-state index in [1.165, 1.54) is 5.56 Å². The number of rotatable bonds is 9. The van der Waals surface area contributed by atoms with Crippen molar-refractivity contribution in [1.82, 2.24) is 10.3 Å². The lowest BCUT2D eigenvalue weighted by Crippen LogP contribution is -2.22. The summed E-state index contributed by atoms with van der Waals surface area (Å²) in [5.41, 5.74) is 2.18. The molecule has 19 heavy (non-hydrogen) atoms. The summed E-state index contributed by atoms with van der Waals surface area (Å²) < 4.78 is 11.0. The van der Waals surface area contributed by atoms with Crippen molar-refractivity contribution < 1.29 is 9.47 Å². The molecular weight excluding hydrogens is 240 g/mol. The highest BCUT2D eigenvalue weighted by atomic mass is 16.5. The lowest BCUT2D eigenvalue weighted by atomic mass is 10.2. The molecule has 0 unspecified atom stereocenters. The van der Waals surface area contributed by atoms with Gasteiger partial charge in [0.25, 0.3) is 0 Å². The zero-order valence-corrected chi connectivity index (χ0v) is 12.5. The maximum atomic E-state index is 5.62. The minimum Gasteiger partial charge on any atom is -0.475 e. The molecule has 0 atom stereocenters. The molecule has 1 aromatic rings. The van der Waals surface area contributed by atoms with Crippen LogP contribution in [0.15, 0.2) is 12.1 Å². The van der Waals surface area contributed by atoms with E-state index in [1.807, 2.05) is 13.0 Å². The molecule has 0 aliphatic carbocycles. The third-order valence-corrected chi connectivity index (χ3v) is 2.53. The molecule has 4 nitrogen and oxygen atoms in total. The largest absolute Gasteiger partial charge is 0.475 e. The molecule has 1 aromatic heterocycles. The molecule has 0 aromatic carbocycles. The molecule has 0 aliphatic rings. The quantitative estimate of drug-likeness (QED) is 0.698. The molecule has 0 spiro atoms. The molecule has 1 N–H and O–H groups in total. The number of nitrogens with zero attached hydrogens (tertiary/aromatic N) is 1. The van der Waals surface area contributed by atoms with Crippen LogP contribution in [-0.4, -0.2) is 30.8 Å². The molecule has 1 rings (SSSR count). The lowest BCUT2D eigenvalue weighted by molar-refractivity contribution is 0.0989. The van der Waals surface area contributed by atoms with Crippen LogP contribution in [-0.2, 0) is 11.3 Å². The summed E-state index contributed by atoms with van der Waals surface area (Å²) >= 11 is 0. The van der Waals surface area contributed by atoms with Crippen LogP contribution in [0, 0.1) is 6.92 Å². The van der Waals surface area contributed by atoms with Crippen molar-refractivity contribution in [3.8, 4) is 5.88 Å². The van der Waals surface area contributed by atoms with Gasteiger partial charge in [0.2, 0.25) is 5.88 Å². The Kier molecular flexibility index (Phi) is 7.45. The fraction of sp³-hybridized carbons (Fsp3) is 0.667. The van der Waals surface area contributed by atoms with E-state index in [0.29, 0.717) is 25.1 Å². The Morgan fingerprint density at radius 2 is 2.00 bits per heavy atom. The summed E-state index contributed by atoms with van der Waals surface area (Å²) in [4.78, 5) is 4.37. The molecule has 4 heteroatoms. The first-order chi connectivity index (χ1) is 9.11. The second-order valence-electron chi connectivity index (χ2n) is 4.95. The van der Waals surface area contributed by atoms with E-state index in [2.05, 4.69) is 37.1 Å². The maximum absolute atomic E-state index is 5.62. The summed E-state index contributed by atoms with van der Waals surface area (Å²) in [5.74, 6) is 0.681. The van der Waals surface area contributed by atoms with Crippen LogP contribution in [0.3, 0.4) is 0 Å². The molecule has 0 aliphatic heterocycles. The van der Waals surface area contributed by atoms with Crippen LogP contribution >= 0.6 is 0 Å². The zero-order valence-electron chi connectivity index (χ0n) is 12.5. The number of hydrogen-bond acceptors (Lipinski definition) is 4. The van der Waals surface area contributed by atoms with Crippen molar-refractivity contribution in [3.05, 3.63) is 23.4 Å². The monoisotopic (exact) mass is 266 g/mol. The molecular formula is C15H26N2O2. The van der Waals surface area contributed by atoms with E-state index in [9.17, 15) is 0 Å². The van der Waals surface area contributed by atoms with Crippen LogP contribution < -0.4 is 10.1 Å². The maximum Gasteiger partial charge on any atom is 0.213 e. The molecule has 0 amide bonds. The smallest absolute Gasteiger partial charge is 0.213 e. The zero-order chi connectivity index (χ0) is 14.1. The van der Waals surface area contributed by atoms with Crippen LogP contribution in [0.5, 0.6) is 5.88 Å². The minimum absolute atomic E-state index is 0.472. The molecule has 0 saturated heterocycles. The van der Waals surface area contributed by atoms with Gasteiger partial charge in [-0.2, -0.15) is 0 Å². The van der Waals surface area contributed by atoms with E-state index < -0.39 is 0 Å². The molecule has 1 heterocycles. The molecule has 108 valence electrons. The summed E-state index contributed by atoms with van der Waals surface area (Å²) in [7, 11) is 0. The number of nitrogens with one attached hydrogen (secondary N) is 1. The molecule has 0 saturated carbocycles. The molecule has 0 radical (unpaired) electrons. The fourth-order valence-electron chi connectivity index (χ4n) is 1.66. The third-order valence-electron chi connectivity index (χ3n) is 2.53. The Bertz CT molecular complexity index is 367. The Morgan fingerprint density at radius 1 is 1.21 bits per heavy atom. The van der Waals surface area contributed by atoms with Crippen molar-refractivity contribution in [2.75, 3.05) is 19.8 Å². The fourth-order valence-corrected chi connectivity index (χ4v) is 1.66. The van der Waals surface area contributed by atoms with Crippen LogP contribution in [0.1, 0.15) is 38.4 Å². The Labute approximate surface area is 116 Å². The van der Waals surface area contributed by atoms with Crippen molar-refractivity contribution >= 4 is 0 Å². The SMILES string of the molecule is CCCOCCOc1cc(CNC(C)C)cc(C)n1. The van der Waals surface area contributed by atoms with E-state index in [4.69, 9.17) is 9.47 Å². The van der Waals surface area contributed by atoms with E-state index in [1.54, 1.807) is 0 Å². The van der Waals surface area contributed by atoms with Gasteiger partial charge >= 0.3 is 0 Å². The number of aryl methyl sites for hydroxylation is 1. The molecule has 0 bridgehead atoms. The Balaban J connectivity index is 2.44. The minimum atomic E-state index is 0.472. The van der Waals surface area contributed by atoms with E-state index in [-0.39, 0.29) is 0 Å². The first kappa shape index (κ1) is 15.9. The summed E-state index contributed by atoms with van der Waals surface area (Å²) in [6, 6.07) is 4.54. The average molecular weight is 266 g/mol. The predicted octanol–water partition coefficient (Wildman–Crippen LogP) is 2.69. The second-order valence-corrected chi connectivity index (χ2v) is 4.95. The van der Waals surface area contributed by atoms with E-state index in [0.717, 1.165) is 25.3 Å². The van der Waals surface area contributed by atoms with Gasteiger partial charge in [-0.05, 0) is 25.0 Å². The van der Waals surface area contributed by atoms with Gasteiger partial charge < -0.3 is 14.8 Å². The average Bonchev–Trinajstić information content (AvgIpc) is 2.35. The Hall–Kier alpha value is -1.13. The number of hydrogen-bond donors (Lipinski definition) is 1. The summed E-state index contributed by atoms with van der Waals surface area (Å²) in [5, 5.41) is 3.39. The first-order valence-corrected chi connectivity index (χ1v) is 7.03. The van der Waals surface area contributed by atoms with Gasteiger partial charge in [-0.15, -0.1) is 0 Å². The van der Waals surface area contributed by atoms with Gasteiger partial charge in [-0.1, -0.05) is 20.8 Å². The van der Waals surface area contributed by atoms with E-state index >= 15 is 0 Å². The van der Waals surface area contributed by atoms with Crippen molar-refractivity contribution in [2.24, 2.45) is 0 Å². The topological polar surface area (TPSA) is 43.4 Å². The van der Waals surface area contributed by atoms with Gasteiger partial charge in [-0.25, -0.2) is 4.98 Å². The standard InChI is InChI=1S/C15H26N2O2/c1-5-6-18-7-8-19-15-10-14(9-13(4)17-15)11-16-12(2)3/h9-10,12,16H,5-8,11H2,1-4H3. The summed E-state index contributed by atoms with van der Waals surface area (Å²) in [6.07, 6.45) is 1.04. The van der Waals surface area contributed by atoms with Crippen molar-refractivity contribution in [2.45, 2.75) is 46.7 Å². The highest BCUT2D eigenvalue weighted by Crippen LogP contribution is 2.12. The van der Waals surface area contributed by atoms with Gasteiger partial charge in [0.05, 0.1) is 6.61 Å². The van der Waals surface area contributed by atoms with Crippen LogP contribution in [0.25, 0.3) is 0 Å². The van der Waals surface area contributed by atoms with Crippen LogP contribution in [0.2, 0.25) is 0 Å². The highest BCUT2D eigenvalue weighted by Gasteiger charge is 2.02. The Morgan fingerprint density at radius 3 is 2.68 bits per heavy atom. The molecule has 0 fully saturated rings. The number of ether oxygens (including phenoxy) is 2. The van der Waals surface area contributed by atoms with Gasteiger partial charge in [0.1, 0.15) is 6.61 Å². The lowest BCUT2D eigenvalue weighted by Gasteiger charge is -2.11. The summed E-state index contributed by atoms with van der Waals surface area (Å²) in [6.45, 7) is 11.1. The van der Waals surface area contributed by atoms with Crippen molar-refractivity contribution in [3.63, 3.8) is 0 Å². The number of aromatic nitrogens is 1. The second kappa shape index (κ2) is 8.88. The van der Waals surface area contributed by atoms with Gasteiger partial charge in [0.15, 0.2) is 0 Å². The van der Waals surface area contributed by atoms with Gasteiger partial charge in [-0.3, -0.25) is 0 Å². The van der Waals surface area contributed by atoms with Gasteiger partial charge in [0, 0.05) is 31.0 Å².